The molecule has 0 atom stereocenters. The quantitative estimate of drug-likeness (QED) is 0.700. The molecule has 0 spiro atoms. The van der Waals surface area contributed by atoms with E-state index in [9.17, 15) is 0 Å². The highest BCUT2D eigenvalue weighted by molar-refractivity contribution is 5.55. The van der Waals surface area contributed by atoms with Crippen LogP contribution in [0.1, 0.15) is 24.8 Å². The van der Waals surface area contributed by atoms with Crippen molar-refractivity contribution in [1.29, 1.82) is 0 Å². The average molecular weight is 192 g/mol. The molecule has 0 bridgehead atoms. The van der Waals surface area contributed by atoms with Crippen LogP contribution in [0.25, 0.3) is 0 Å². The highest BCUT2D eigenvalue weighted by atomic mass is 16.5. The van der Waals surface area contributed by atoms with E-state index in [1.807, 2.05) is 18.2 Å². The van der Waals surface area contributed by atoms with Gasteiger partial charge in [-0.25, -0.2) is 0 Å². The van der Waals surface area contributed by atoms with E-state index in [1.54, 1.807) is 7.11 Å². The lowest BCUT2D eigenvalue weighted by Gasteiger charge is -2.38. The fraction of sp³-hybridized carbons (Fsp3) is 0.455. The van der Waals surface area contributed by atoms with Crippen molar-refractivity contribution in [2.75, 3.05) is 12.8 Å². The molecule has 3 heteroatoms. The molecular weight excluding hydrogens is 176 g/mol. The second-order valence-corrected chi connectivity index (χ2v) is 3.97. The maximum absolute atomic E-state index is 6.19. The van der Waals surface area contributed by atoms with Crippen LogP contribution in [0, 0.1) is 0 Å². The first-order valence-electron chi connectivity index (χ1n) is 4.88. The summed E-state index contributed by atoms with van der Waals surface area (Å²) in [6, 6.07) is 5.82. The molecule has 4 N–H and O–H groups in total. The molecule has 0 aromatic heterocycles. The largest absolute Gasteiger partial charge is 0.495 e. The maximum atomic E-state index is 6.19. The van der Waals surface area contributed by atoms with Gasteiger partial charge in [-0.05, 0) is 37.0 Å². The number of anilines is 1. The van der Waals surface area contributed by atoms with Gasteiger partial charge in [-0.2, -0.15) is 0 Å². The molecule has 14 heavy (non-hydrogen) atoms. The predicted molar refractivity (Wildman–Crippen MR) is 57.1 cm³/mol. The van der Waals surface area contributed by atoms with Crippen LogP contribution in [0.5, 0.6) is 5.75 Å². The number of hydrogen-bond acceptors (Lipinski definition) is 3. The maximum Gasteiger partial charge on any atom is 0.141 e. The predicted octanol–water partition coefficient (Wildman–Crippen LogP) is 1.62. The lowest BCUT2D eigenvalue weighted by Crippen LogP contribution is -2.43. The summed E-state index contributed by atoms with van der Waals surface area (Å²) < 4.78 is 5.10. The van der Waals surface area contributed by atoms with Gasteiger partial charge in [0.2, 0.25) is 0 Å². The van der Waals surface area contributed by atoms with Gasteiger partial charge in [0.05, 0.1) is 12.8 Å². The van der Waals surface area contributed by atoms with E-state index in [0.29, 0.717) is 5.69 Å². The molecule has 1 saturated carbocycles. The van der Waals surface area contributed by atoms with E-state index >= 15 is 0 Å². The molecule has 1 aromatic rings. The summed E-state index contributed by atoms with van der Waals surface area (Å²) in [5.74, 6) is 0.719. The third-order valence-corrected chi connectivity index (χ3v) is 3.05. The number of nitrogens with two attached hydrogens (primary N) is 2. The summed E-state index contributed by atoms with van der Waals surface area (Å²) in [5.41, 5.74) is 13.7. The van der Waals surface area contributed by atoms with E-state index in [1.165, 1.54) is 6.42 Å². The minimum absolute atomic E-state index is 0.139. The minimum Gasteiger partial charge on any atom is -0.495 e. The topological polar surface area (TPSA) is 61.3 Å². The Morgan fingerprint density at radius 2 is 2.07 bits per heavy atom. The van der Waals surface area contributed by atoms with Gasteiger partial charge >= 0.3 is 0 Å². The molecule has 3 nitrogen and oxygen atoms in total. The van der Waals surface area contributed by atoms with Crippen molar-refractivity contribution >= 4 is 5.69 Å². The standard InChI is InChI=1S/C11H16N2O/c1-14-10-4-3-8(7-9(10)12)11(13)5-2-6-11/h3-4,7H,2,5-6,12-13H2,1H3. The molecule has 0 unspecified atom stereocenters. The number of ether oxygens (including phenoxy) is 1. The molecule has 76 valence electrons. The first kappa shape index (κ1) is 9.34. The van der Waals surface area contributed by atoms with Crippen molar-refractivity contribution in [1.82, 2.24) is 0 Å². The van der Waals surface area contributed by atoms with Crippen LogP contribution >= 0.6 is 0 Å². The van der Waals surface area contributed by atoms with Crippen LogP contribution in [0.15, 0.2) is 18.2 Å². The highest BCUT2D eigenvalue weighted by Gasteiger charge is 2.34. The van der Waals surface area contributed by atoms with Crippen LogP contribution in [-0.2, 0) is 5.54 Å². The number of methoxy groups -OCH3 is 1. The van der Waals surface area contributed by atoms with E-state index < -0.39 is 0 Å². The molecule has 1 aliphatic carbocycles. The van der Waals surface area contributed by atoms with Crippen molar-refractivity contribution in [2.45, 2.75) is 24.8 Å². The Balaban J connectivity index is 2.32. The molecule has 0 saturated heterocycles. The Bertz CT molecular complexity index is 345. The van der Waals surface area contributed by atoms with Gasteiger partial charge in [0.25, 0.3) is 0 Å². The molecule has 0 amide bonds. The Kier molecular flexibility index (Phi) is 2.11. The van der Waals surface area contributed by atoms with Gasteiger partial charge in [-0.1, -0.05) is 6.07 Å². The average Bonchev–Trinajstić information content (AvgIpc) is 2.14. The Morgan fingerprint density at radius 1 is 1.36 bits per heavy atom. The number of hydrogen-bond donors (Lipinski definition) is 2. The van der Waals surface area contributed by atoms with Crippen molar-refractivity contribution in [3.8, 4) is 5.75 Å². The fourth-order valence-corrected chi connectivity index (χ4v) is 1.89. The third kappa shape index (κ3) is 1.34. The minimum atomic E-state index is -0.139. The van der Waals surface area contributed by atoms with Gasteiger partial charge in [0.1, 0.15) is 5.75 Å². The zero-order valence-electron chi connectivity index (χ0n) is 8.42. The van der Waals surface area contributed by atoms with Crippen LogP contribution in [0.2, 0.25) is 0 Å². The van der Waals surface area contributed by atoms with E-state index in [-0.39, 0.29) is 5.54 Å². The number of benzene rings is 1. The lowest BCUT2D eigenvalue weighted by atomic mass is 9.73. The third-order valence-electron chi connectivity index (χ3n) is 3.05. The van der Waals surface area contributed by atoms with Crippen LogP contribution < -0.4 is 16.2 Å². The molecule has 0 radical (unpaired) electrons. The summed E-state index contributed by atoms with van der Waals surface area (Å²) in [7, 11) is 1.62. The lowest BCUT2D eigenvalue weighted by molar-refractivity contribution is 0.253. The zero-order valence-corrected chi connectivity index (χ0v) is 8.42. The second-order valence-electron chi connectivity index (χ2n) is 3.97. The Morgan fingerprint density at radius 3 is 2.50 bits per heavy atom. The van der Waals surface area contributed by atoms with Crippen LogP contribution in [0.3, 0.4) is 0 Å². The molecule has 0 heterocycles. The number of rotatable bonds is 2. The first-order valence-corrected chi connectivity index (χ1v) is 4.88. The van der Waals surface area contributed by atoms with Gasteiger partial charge in [-0.15, -0.1) is 0 Å². The van der Waals surface area contributed by atoms with Gasteiger partial charge < -0.3 is 16.2 Å². The highest BCUT2D eigenvalue weighted by Crippen LogP contribution is 2.40. The van der Waals surface area contributed by atoms with Crippen LogP contribution in [0.4, 0.5) is 5.69 Å². The van der Waals surface area contributed by atoms with E-state index in [2.05, 4.69) is 0 Å². The van der Waals surface area contributed by atoms with E-state index in [4.69, 9.17) is 16.2 Å². The monoisotopic (exact) mass is 192 g/mol. The zero-order chi connectivity index (χ0) is 10.2. The van der Waals surface area contributed by atoms with Crippen molar-refractivity contribution in [2.24, 2.45) is 5.73 Å². The summed E-state index contributed by atoms with van der Waals surface area (Å²) >= 11 is 0. The Labute approximate surface area is 84.0 Å². The van der Waals surface area contributed by atoms with Crippen molar-refractivity contribution in [3.05, 3.63) is 23.8 Å². The molecule has 2 rings (SSSR count). The SMILES string of the molecule is COc1ccc(C2(N)CCC2)cc1N. The molecule has 0 aliphatic heterocycles. The molecular formula is C11H16N2O. The molecule has 1 aliphatic rings. The van der Waals surface area contributed by atoms with Crippen molar-refractivity contribution < 1.29 is 4.74 Å². The first-order chi connectivity index (χ1) is 6.65. The molecule has 1 fully saturated rings. The Hall–Kier alpha value is -1.22. The van der Waals surface area contributed by atoms with Gasteiger partial charge in [0.15, 0.2) is 0 Å². The normalized spacial score (nSPS) is 18.7. The van der Waals surface area contributed by atoms with E-state index in [0.717, 1.165) is 24.2 Å². The summed E-state index contributed by atoms with van der Waals surface area (Å²) in [5, 5.41) is 0. The summed E-state index contributed by atoms with van der Waals surface area (Å²) in [6.07, 6.45) is 3.32. The second kappa shape index (κ2) is 3.17. The number of nitrogen functional groups attached to an aromatic ring is 1. The van der Waals surface area contributed by atoms with Gasteiger partial charge in [0, 0.05) is 5.54 Å². The fourth-order valence-electron chi connectivity index (χ4n) is 1.89. The smallest absolute Gasteiger partial charge is 0.141 e. The van der Waals surface area contributed by atoms with Crippen molar-refractivity contribution in [3.63, 3.8) is 0 Å². The van der Waals surface area contributed by atoms with Gasteiger partial charge in [-0.3, -0.25) is 0 Å². The molecule has 1 aromatic carbocycles. The summed E-state index contributed by atoms with van der Waals surface area (Å²) in [4.78, 5) is 0. The van der Waals surface area contributed by atoms with Crippen LogP contribution in [-0.4, -0.2) is 7.11 Å². The summed E-state index contributed by atoms with van der Waals surface area (Å²) in [6.45, 7) is 0.